The van der Waals surface area contributed by atoms with Gasteiger partial charge >= 0.3 is 0 Å². The van der Waals surface area contributed by atoms with Crippen molar-refractivity contribution in [2.45, 2.75) is 38.8 Å². The zero-order valence-electron chi connectivity index (χ0n) is 12.6. The number of piperidine rings is 1. The van der Waals surface area contributed by atoms with Crippen LogP contribution in [0.25, 0.3) is 0 Å². The largest absolute Gasteiger partial charge is 0.366 e. The number of hydrogen-bond acceptors (Lipinski definition) is 5. The molecular formula is C15H23N3O3. The molecule has 0 aliphatic carbocycles. The first-order valence-electron chi connectivity index (χ1n) is 7.77. The molecule has 0 aromatic carbocycles. The van der Waals surface area contributed by atoms with Crippen LogP contribution in [0.1, 0.15) is 30.7 Å². The third kappa shape index (κ3) is 3.63. The predicted octanol–water partition coefficient (Wildman–Crippen LogP) is 1.20. The lowest BCUT2D eigenvalue weighted by atomic mass is 10.1. The summed E-state index contributed by atoms with van der Waals surface area (Å²) in [4.78, 5) is 16.7. The van der Waals surface area contributed by atoms with E-state index in [1.165, 1.54) is 6.42 Å². The maximum Gasteiger partial charge on any atom is 0.253 e. The molecular weight excluding hydrogens is 270 g/mol. The Kier molecular flexibility index (Phi) is 4.55. The van der Waals surface area contributed by atoms with E-state index in [1.807, 2.05) is 17.9 Å². The molecule has 1 aromatic rings. The summed E-state index contributed by atoms with van der Waals surface area (Å²) in [7, 11) is 0. The van der Waals surface area contributed by atoms with E-state index in [9.17, 15) is 4.79 Å². The number of aryl methyl sites for hydroxylation is 1. The second-order valence-electron chi connectivity index (χ2n) is 5.91. The van der Waals surface area contributed by atoms with Gasteiger partial charge in [0.15, 0.2) is 0 Å². The van der Waals surface area contributed by atoms with Crippen molar-refractivity contribution in [3.8, 4) is 0 Å². The third-order valence-corrected chi connectivity index (χ3v) is 4.16. The minimum Gasteiger partial charge on any atom is -0.366 e. The van der Waals surface area contributed by atoms with Crippen molar-refractivity contribution < 1.29 is 14.1 Å². The van der Waals surface area contributed by atoms with Crippen LogP contribution in [0.15, 0.2) is 10.6 Å². The van der Waals surface area contributed by atoms with Crippen molar-refractivity contribution >= 4 is 5.91 Å². The van der Waals surface area contributed by atoms with Crippen LogP contribution >= 0.6 is 0 Å². The fraction of sp³-hybridized carbons (Fsp3) is 0.733. The van der Waals surface area contributed by atoms with Gasteiger partial charge < -0.3 is 14.2 Å². The number of carbonyl (C=O) groups excluding carboxylic acids is 1. The van der Waals surface area contributed by atoms with Gasteiger partial charge in [-0.2, -0.15) is 0 Å². The van der Waals surface area contributed by atoms with E-state index in [1.54, 1.807) is 0 Å². The molecule has 1 atom stereocenters. The normalized spacial score (nSPS) is 24.2. The molecule has 116 valence electrons. The van der Waals surface area contributed by atoms with Gasteiger partial charge in [-0.3, -0.25) is 9.69 Å². The van der Waals surface area contributed by atoms with Crippen molar-refractivity contribution in [1.82, 2.24) is 15.0 Å². The van der Waals surface area contributed by atoms with Gasteiger partial charge in [0, 0.05) is 38.8 Å². The summed E-state index contributed by atoms with van der Waals surface area (Å²) in [6.45, 7) is 6.42. The number of aromatic nitrogens is 1. The van der Waals surface area contributed by atoms with Gasteiger partial charge in [0.2, 0.25) is 0 Å². The Morgan fingerprint density at radius 2 is 2.14 bits per heavy atom. The first-order valence-corrected chi connectivity index (χ1v) is 7.77. The van der Waals surface area contributed by atoms with Gasteiger partial charge in [-0.1, -0.05) is 5.16 Å². The van der Waals surface area contributed by atoms with Gasteiger partial charge in [-0.05, 0) is 26.2 Å². The summed E-state index contributed by atoms with van der Waals surface area (Å²) in [6, 6.07) is 1.94. The lowest BCUT2D eigenvalue weighted by molar-refractivity contribution is -0.150. The van der Waals surface area contributed by atoms with Gasteiger partial charge in [-0.25, -0.2) is 0 Å². The van der Waals surface area contributed by atoms with Crippen LogP contribution in [0.4, 0.5) is 0 Å². The Morgan fingerprint density at radius 1 is 1.33 bits per heavy atom. The highest BCUT2D eigenvalue weighted by Gasteiger charge is 2.31. The number of nitrogens with zero attached hydrogens (tertiary/aromatic N) is 3. The number of ether oxygens (including phenoxy) is 1. The molecule has 0 saturated carbocycles. The highest BCUT2D eigenvalue weighted by molar-refractivity contribution is 5.81. The lowest BCUT2D eigenvalue weighted by Gasteiger charge is -2.35. The summed E-state index contributed by atoms with van der Waals surface area (Å²) < 4.78 is 10.8. The molecule has 1 amide bonds. The summed E-state index contributed by atoms with van der Waals surface area (Å²) in [5.41, 5.74) is 0.915. The van der Waals surface area contributed by atoms with Gasteiger partial charge in [0.25, 0.3) is 5.91 Å². The summed E-state index contributed by atoms with van der Waals surface area (Å²) >= 11 is 0. The molecule has 0 N–H and O–H groups in total. The second kappa shape index (κ2) is 6.58. The standard InChI is InChI=1S/C15H23N3O3/c1-12-9-13(16-21-12)10-17-7-8-20-14(11-17)15(19)18-5-3-2-4-6-18/h9,14H,2-8,10-11H2,1H3. The topological polar surface area (TPSA) is 58.8 Å². The van der Waals surface area contributed by atoms with E-state index >= 15 is 0 Å². The molecule has 3 rings (SSSR count). The number of carbonyl (C=O) groups is 1. The van der Waals surface area contributed by atoms with Crippen LogP contribution in [0.3, 0.4) is 0 Å². The SMILES string of the molecule is Cc1cc(CN2CCOC(C(=O)N3CCCCC3)C2)no1. The van der Waals surface area contributed by atoms with E-state index in [4.69, 9.17) is 9.26 Å². The zero-order chi connectivity index (χ0) is 14.7. The number of likely N-dealkylation sites (tertiary alicyclic amines) is 1. The molecule has 1 unspecified atom stereocenters. The van der Waals surface area contributed by atoms with Crippen molar-refractivity contribution in [3.05, 3.63) is 17.5 Å². The van der Waals surface area contributed by atoms with Crippen LogP contribution in [0.2, 0.25) is 0 Å². The quantitative estimate of drug-likeness (QED) is 0.838. The first kappa shape index (κ1) is 14.5. The zero-order valence-corrected chi connectivity index (χ0v) is 12.6. The van der Waals surface area contributed by atoms with Crippen LogP contribution in [-0.2, 0) is 16.1 Å². The van der Waals surface area contributed by atoms with E-state index < -0.39 is 0 Å². The smallest absolute Gasteiger partial charge is 0.253 e. The Bertz CT molecular complexity index is 482. The maximum absolute atomic E-state index is 12.5. The van der Waals surface area contributed by atoms with E-state index in [0.717, 1.165) is 43.9 Å². The minimum atomic E-state index is -0.329. The molecule has 2 fully saturated rings. The maximum atomic E-state index is 12.5. The third-order valence-electron chi connectivity index (χ3n) is 4.16. The molecule has 6 heteroatoms. The Hall–Kier alpha value is -1.40. The molecule has 3 heterocycles. The van der Waals surface area contributed by atoms with Crippen LogP contribution in [-0.4, -0.2) is 59.8 Å². The highest BCUT2D eigenvalue weighted by atomic mass is 16.5. The molecule has 21 heavy (non-hydrogen) atoms. The molecule has 2 aliphatic rings. The first-order chi connectivity index (χ1) is 10.2. The second-order valence-corrected chi connectivity index (χ2v) is 5.91. The van der Waals surface area contributed by atoms with E-state index in [2.05, 4.69) is 10.1 Å². The lowest BCUT2D eigenvalue weighted by Crippen LogP contribution is -2.51. The van der Waals surface area contributed by atoms with Crippen LogP contribution in [0.5, 0.6) is 0 Å². The summed E-state index contributed by atoms with van der Waals surface area (Å²) in [6.07, 6.45) is 3.12. The highest BCUT2D eigenvalue weighted by Crippen LogP contribution is 2.15. The van der Waals surface area contributed by atoms with Gasteiger partial charge in [-0.15, -0.1) is 0 Å². The molecule has 0 bridgehead atoms. The van der Waals surface area contributed by atoms with E-state index in [-0.39, 0.29) is 12.0 Å². The minimum absolute atomic E-state index is 0.149. The molecule has 6 nitrogen and oxygen atoms in total. The molecule has 0 radical (unpaired) electrons. The molecule has 2 aliphatic heterocycles. The number of amides is 1. The van der Waals surface area contributed by atoms with Gasteiger partial charge in [0.1, 0.15) is 11.9 Å². The molecule has 2 saturated heterocycles. The number of rotatable bonds is 3. The molecule has 1 aromatic heterocycles. The number of hydrogen-bond donors (Lipinski definition) is 0. The van der Waals surface area contributed by atoms with Gasteiger partial charge in [0.05, 0.1) is 12.3 Å². The summed E-state index contributed by atoms with van der Waals surface area (Å²) in [5, 5.41) is 4.02. The van der Waals surface area contributed by atoms with Crippen molar-refractivity contribution in [2.75, 3.05) is 32.8 Å². The fourth-order valence-corrected chi connectivity index (χ4v) is 3.04. The Labute approximate surface area is 125 Å². The Balaban J connectivity index is 1.56. The average molecular weight is 293 g/mol. The van der Waals surface area contributed by atoms with Crippen molar-refractivity contribution in [2.24, 2.45) is 0 Å². The van der Waals surface area contributed by atoms with Crippen molar-refractivity contribution in [1.29, 1.82) is 0 Å². The van der Waals surface area contributed by atoms with Crippen molar-refractivity contribution in [3.63, 3.8) is 0 Å². The fourth-order valence-electron chi connectivity index (χ4n) is 3.04. The Morgan fingerprint density at radius 3 is 2.86 bits per heavy atom. The summed E-state index contributed by atoms with van der Waals surface area (Å²) in [5.74, 6) is 0.968. The average Bonchev–Trinajstić information content (AvgIpc) is 2.93. The predicted molar refractivity (Wildman–Crippen MR) is 76.7 cm³/mol. The molecule has 0 spiro atoms. The van der Waals surface area contributed by atoms with Crippen LogP contribution < -0.4 is 0 Å². The number of morpholine rings is 1. The van der Waals surface area contributed by atoms with E-state index in [0.29, 0.717) is 19.7 Å². The monoisotopic (exact) mass is 293 g/mol. The van der Waals surface area contributed by atoms with Crippen LogP contribution in [0, 0.1) is 6.92 Å².